The molecule has 0 spiro atoms. The van der Waals surface area contributed by atoms with Gasteiger partial charge in [0.05, 0.1) is 12.1 Å². The van der Waals surface area contributed by atoms with Gasteiger partial charge in [0.25, 0.3) is 0 Å². The number of carbonyl (C=O) groups is 1. The molecule has 0 aliphatic rings. The van der Waals surface area contributed by atoms with E-state index in [2.05, 4.69) is 23.7 Å². The van der Waals surface area contributed by atoms with Crippen molar-refractivity contribution < 1.29 is 4.79 Å². The monoisotopic (exact) mass is 300 g/mol. The molecule has 0 saturated carbocycles. The van der Waals surface area contributed by atoms with Crippen molar-refractivity contribution in [1.82, 2.24) is 4.90 Å². The predicted molar refractivity (Wildman–Crippen MR) is 90.3 cm³/mol. The standard InChI is InChI=1S/C17H20N2OS/c1-19(2)17(20)12-13-8-10-14(11-9-13)18-15-6-4-5-7-16(15)21-3/h4-11,18H,12H2,1-3H3. The quantitative estimate of drug-likeness (QED) is 0.853. The number of hydrogen-bond donors (Lipinski definition) is 1. The van der Waals surface area contributed by atoms with Crippen LogP contribution in [0.1, 0.15) is 5.56 Å². The van der Waals surface area contributed by atoms with Gasteiger partial charge in [-0.05, 0) is 36.1 Å². The Kier molecular flexibility index (Phi) is 5.28. The zero-order chi connectivity index (χ0) is 15.2. The van der Waals surface area contributed by atoms with Crippen molar-refractivity contribution in [2.24, 2.45) is 0 Å². The second-order valence-electron chi connectivity index (χ2n) is 4.99. The molecule has 4 heteroatoms. The van der Waals surface area contributed by atoms with E-state index in [1.54, 1.807) is 30.8 Å². The highest BCUT2D eigenvalue weighted by molar-refractivity contribution is 7.98. The zero-order valence-electron chi connectivity index (χ0n) is 12.6. The molecule has 110 valence electrons. The Balaban J connectivity index is 2.07. The van der Waals surface area contributed by atoms with Gasteiger partial charge in [0, 0.05) is 24.7 Å². The van der Waals surface area contributed by atoms with Gasteiger partial charge in [-0.3, -0.25) is 4.79 Å². The third-order valence-electron chi connectivity index (χ3n) is 3.19. The summed E-state index contributed by atoms with van der Waals surface area (Å²) in [6, 6.07) is 16.2. The molecule has 21 heavy (non-hydrogen) atoms. The summed E-state index contributed by atoms with van der Waals surface area (Å²) < 4.78 is 0. The zero-order valence-corrected chi connectivity index (χ0v) is 13.4. The maximum atomic E-state index is 11.7. The Morgan fingerprint density at radius 3 is 2.38 bits per heavy atom. The predicted octanol–water partition coefficient (Wildman–Crippen LogP) is 3.78. The second-order valence-corrected chi connectivity index (χ2v) is 5.84. The van der Waals surface area contributed by atoms with Gasteiger partial charge in [-0.1, -0.05) is 24.3 Å². The van der Waals surface area contributed by atoms with Crippen LogP contribution in [0.5, 0.6) is 0 Å². The number of nitrogens with one attached hydrogen (secondary N) is 1. The van der Waals surface area contributed by atoms with E-state index in [1.807, 2.05) is 36.4 Å². The molecule has 0 aliphatic heterocycles. The number of benzene rings is 2. The minimum Gasteiger partial charge on any atom is -0.355 e. The fourth-order valence-electron chi connectivity index (χ4n) is 1.94. The molecule has 0 bridgehead atoms. The van der Waals surface area contributed by atoms with E-state index >= 15 is 0 Å². The molecular formula is C17H20N2OS. The number of nitrogens with zero attached hydrogens (tertiary/aromatic N) is 1. The lowest BCUT2D eigenvalue weighted by molar-refractivity contribution is -0.127. The van der Waals surface area contributed by atoms with Crippen LogP contribution < -0.4 is 5.32 Å². The number of anilines is 2. The molecule has 0 unspecified atom stereocenters. The van der Waals surface area contributed by atoms with Crippen molar-refractivity contribution in [2.75, 3.05) is 25.7 Å². The summed E-state index contributed by atoms with van der Waals surface area (Å²) in [5, 5.41) is 3.41. The van der Waals surface area contributed by atoms with Gasteiger partial charge >= 0.3 is 0 Å². The molecular weight excluding hydrogens is 280 g/mol. The largest absolute Gasteiger partial charge is 0.355 e. The average Bonchev–Trinajstić information content (AvgIpc) is 2.49. The fourth-order valence-corrected chi connectivity index (χ4v) is 2.50. The summed E-state index contributed by atoms with van der Waals surface area (Å²) in [4.78, 5) is 14.5. The SMILES string of the molecule is CSc1ccccc1Nc1ccc(CC(=O)N(C)C)cc1. The van der Waals surface area contributed by atoms with Crippen LogP contribution in [0.25, 0.3) is 0 Å². The lowest BCUT2D eigenvalue weighted by Crippen LogP contribution is -2.23. The Bertz CT molecular complexity index is 608. The summed E-state index contributed by atoms with van der Waals surface area (Å²) in [6.45, 7) is 0. The van der Waals surface area contributed by atoms with Crippen LogP contribution in [0, 0.1) is 0 Å². The number of carbonyl (C=O) groups excluding carboxylic acids is 1. The number of amides is 1. The van der Waals surface area contributed by atoms with Gasteiger partial charge in [0.15, 0.2) is 0 Å². The minimum atomic E-state index is 0.114. The van der Waals surface area contributed by atoms with Gasteiger partial charge in [0.1, 0.15) is 0 Å². The maximum absolute atomic E-state index is 11.7. The van der Waals surface area contributed by atoms with Crippen molar-refractivity contribution in [1.29, 1.82) is 0 Å². The number of thioether (sulfide) groups is 1. The molecule has 0 atom stereocenters. The van der Waals surface area contributed by atoms with Crippen LogP contribution in [0.3, 0.4) is 0 Å². The van der Waals surface area contributed by atoms with E-state index in [0.717, 1.165) is 16.9 Å². The average molecular weight is 300 g/mol. The Morgan fingerprint density at radius 2 is 1.76 bits per heavy atom. The third-order valence-corrected chi connectivity index (χ3v) is 3.99. The van der Waals surface area contributed by atoms with Crippen LogP contribution >= 0.6 is 11.8 Å². The third kappa shape index (κ3) is 4.26. The lowest BCUT2D eigenvalue weighted by atomic mass is 10.1. The van der Waals surface area contributed by atoms with Crippen molar-refractivity contribution >= 4 is 29.0 Å². The van der Waals surface area contributed by atoms with Crippen LogP contribution in [0.2, 0.25) is 0 Å². The Hall–Kier alpha value is -1.94. The Morgan fingerprint density at radius 1 is 1.10 bits per heavy atom. The van der Waals surface area contributed by atoms with Gasteiger partial charge in [-0.25, -0.2) is 0 Å². The summed E-state index contributed by atoms with van der Waals surface area (Å²) in [6.07, 6.45) is 2.51. The topological polar surface area (TPSA) is 32.3 Å². The van der Waals surface area contributed by atoms with Crippen LogP contribution in [-0.2, 0) is 11.2 Å². The summed E-state index contributed by atoms with van der Waals surface area (Å²) in [5.74, 6) is 0.114. The van der Waals surface area contributed by atoms with Gasteiger partial charge in [0.2, 0.25) is 5.91 Å². The first-order chi connectivity index (χ1) is 10.1. The summed E-state index contributed by atoms with van der Waals surface area (Å²) in [7, 11) is 3.55. The molecule has 1 amide bonds. The lowest BCUT2D eigenvalue weighted by Gasteiger charge is -2.12. The van der Waals surface area contributed by atoms with Crippen LogP contribution in [-0.4, -0.2) is 31.2 Å². The fraction of sp³-hybridized carbons (Fsp3) is 0.235. The summed E-state index contributed by atoms with van der Waals surface area (Å²) >= 11 is 1.72. The first-order valence-corrected chi connectivity index (χ1v) is 8.02. The molecule has 2 aromatic rings. The van der Waals surface area contributed by atoms with Gasteiger partial charge < -0.3 is 10.2 Å². The summed E-state index contributed by atoms with van der Waals surface area (Å²) in [5.41, 5.74) is 3.15. The van der Waals surface area contributed by atoms with E-state index in [0.29, 0.717) is 6.42 Å². The first-order valence-electron chi connectivity index (χ1n) is 6.79. The highest BCUT2D eigenvalue weighted by atomic mass is 32.2. The van der Waals surface area contributed by atoms with Gasteiger partial charge in [-0.15, -0.1) is 11.8 Å². The van der Waals surface area contributed by atoms with Crippen LogP contribution in [0.15, 0.2) is 53.4 Å². The van der Waals surface area contributed by atoms with Crippen molar-refractivity contribution in [3.05, 3.63) is 54.1 Å². The minimum absolute atomic E-state index is 0.114. The molecule has 0 fully saturated rings. The molecule has 0 aliphatic carbocycles. The molecule has 0 aromatic heterocycles. The van der Waals surface area contributed by atoms with Crippen LogP contribution in [0.4, 0.5) is 11.4 Å². The molecule has 0 heterocycles. The maximum Gasteiger partial charge on any atom is 0.226 e. The van der Waals surface area contributed by atoms with Crippen molar-refractivity contribution in [3.8, 4) is 0 Å². The highest BCUT2D eigenvalue weighted by Crippen LogP contribution is 2.27. The first kappa shape index (κ1) is 15.4. The number of para-hydroxylation sites is 1. The van der Waals surface area contributed by atoms with E-state index in [4.69, 9.17) is 0 Å². The molecule has 0 radical (unpaired) electrons. The number of hydrogen-bond acceptors (Lipinski definition) is 3. The second kappa shape index (κ2) is 7.18. The normalized spacial score (nSPS) is 10.2. The number of rotatable bonds is 5. The van der Waals surface area contributed by atoms with E-state index in [1.165, 1.54) is 4.90 Å². The van der Waals surface area contributed by atoms with Crippen molar-refractivity contribution in [2.45, 2.75) is 11.3 Å². The van der Waals surface area contributed by atoms with E-state index < -0.39 is 0 Å². The molecule has 3 nitrogen and oxygen atoms in total. The van der Waals surface area contributed by atoms with Crippen molar-refractivity contribution in [3.63, 3.8) is 0 Å². The van der Waals surface area contributed by atoms with E-state index in [-0.39, 0.29) is 5.91 Å². The Labute approximate surface area is 130 Å². The number of likely N-dealkylation sites (N-methyl/N-ethyl adjacent to an activating group) is 1. The molecule has 2 rings (SSSR count). The molecule has 0 saturated heterocycles. The molecule has 1 N–H and O–H groups in total. The molecule has 2 aromatic carbocycles. The van der Waals surface area contributed by atoms with E-state index in [9.17, 15) is 4.79 Å². The highest BCUT2D eigenvalue weighted by Gasteiger charge is 2.06. The van der Waals surface area contributed by atoms with Gasteiger partial charge in [-0.2, -0.15) is 0 Å². The smallest absolute Gasteiger partial charge is 0.226 e.